The van der Waals surface area contributed by atoms with E-state index in [1.54, 1.807) is 4.90 Å². The van der Waals surface area contributed by atoms with E-state index in [4.69, 9.17) is 16.3 Å². The molecule has 1 aromatic heterocycles. The molecule has 0 aliphatic heterocycles. The molecule has 0 fully saturated rings. The molecule has 3 aromatic carbocycles. The molecule has 168 valence electrons. The lowest BCUT2D eigenvalue weighted by Crippen LogP contribution is -2.34. The molecule has 1 amide bonds. The van der Waals surface area contributed by atoms with Crippen molar-refractivity contribution in [3.8, 4) is 5.75 Å². The Hall–Kier alpha value is -3.37. The standard InChI is InChI=1S/C28H27ClN2O2/c1-3-21-12-13-26-23(15-21)16-24(28(29)30-26)18-31(17-22-9-7-8-20(2)14-22)27(32)19-33-25-10-5-4-6-11-25/h4-16H,3,17-19H2,1-2H3. The number of aryl methyl sites for hydroxylation is 2. The SMILES string of the molecule is CCc1ccc2nc(Cl)c(CN(Cc3cccc(C)c3)C(=O)COc3ccccc3)cc2c1. The van der Waals surface area contributed by atoms with Crippen molar-refractivity contribution in [3.05, 3.63) is 106 Å². The summed E-state index contributed by atoms with van der Waals surface area (Å²) < 4.78 is 5.74. The van der Waals surface area contributed by atoms with Gasteiger partial charge in [-0.15, -0.1) is 0 Å². The minimum Gasteiger partial charge on any atom is -0.484 e. The van der Waals surface area contributed by atoms with Crippen molar-refractivity contribution in [3.63, 3.8) is 0 Å². The second-order valence-electron chi connectivity index (χ2n) is 8.16. The van der Waals surface area contributed by atoms with E-state index in [1.807, 2.05) is 67.6 Å². The molecule has 0 unspecified atom stereocenters. The van der Waals surface area contributed by atoms with Gasteiger partial charge in [0, 0.05) is 24.0 Å². The molecule has 0 radical (unpaired) electrons. The number of fused-ring (bicyclic) bond motifs is 1. The zero-order chi connectivity index (χ0) is 23.2. The molecule has 33 heavy (non-hydrogen) atoms. The Morgan fingerprint density at radius 1 is 0.939 bits per heavy atom. The first-order valence-electron chi connectivity index (χ1n) is 11.1. The van der Waals surface area contributed by atoms with Crippen LogP contribution in [-0.2, 0) is 24.3 Å². The van der Waals surface area contributed by atoms with Crippen LogP contribution in [0, 0.1) is 6.92 Å². The number of benzene rings is 3. The maximum Gasteiger partial charge on any atom is 0.261 e. The highest BCUT2D eigenvalue weighted by Crippen LogP contribution is 2.24. The summed E-state index contributed by atoms with van der Waals surface area (Å²) in [5.74, 6) is 0.553. The molecule has 4 rings (SSSR count). The van der Waals surface area contributed by atoms with Gasteiger partial charge in [0.15, 0.2) is 6.61 Å². The number of halogens is 1. The Morgan fingerprint density at radius 2 is 1.76 bits per heavy atom. The number of hydrogen-bond acceptors (Lipinski definition) is 3. The van der Waals surface area contributed by atoms with Gasteiger partial charge in [-0.2, -0.15) is 0 Å². The predicted octanol–water partition coefficient (Wildman–Crippen LogP) is 6.37. The van der Waals surface area contributed by atoms with Crippen LogP contribution < -0.4 is 4.74 Å². The monoisotopic (exact) mass is 458 g/mol. The fourth-order valence-corrected chi connectivity index (χ4v) is 4.00. The van der Waals surface area contributed by atoms with E-state index in [2.05, 4.69) is 30.1 Å². The molecule has 4 nitrogen and oxygen atoms in total. The second-order valence-corrected chi connectivity index (χ2v) is 8.52. The van der Waals surface area contributed by atoms with E-state index < -0.39 is 0 Å². The quantitative estimate of drug-likeness (QED) is 0.288. The maximum absolute atomic E-state index is 13.2. The average Bonchev–Trinajstić information content (AvgIpc) is 2.83. The lowest BCUT2D eigenvalue weighted by molar-refractivity contribution is -0.134. The summed E-state index contributed by atoms with van der Waals surface area (Å²) in [5.41, 5.74) is 5.11. The predicted molar refractivity (Wildman–Crippen MR) is 134 cm³/mol. The number of aromatic nitrogens is 1. The van der Waals surface area contributed by atoms with Gasteiger partial charge in [0.25, 0.3) is 5.91 Å². The van der Waals surface area contributed by atoms with Crippen LogP contribution in [0.1, 0.15) is 29.2 Å². The zero-order valence-electron chi connectivity index (χ0n) is 18.9. The fraction of sp³-hybridized carbons (Fsp3) is 0.214. The number of pyridine rings is 1. The number of rotatable bonds is 8. The van der Waals surface area contributed by atoms with E-state index in [9.17, 15) is 4.79 Å². The highest BCUT2D eigenvalue weighted by molar-refractivity contribution is 6.30. The van der Waals surface area contributed by atoms with Gasteiger partial charge in [0.2, 0.25) is 0 Å². The van der Waals surface area contributed by atoms with E-state index in [1.165, 1.54) is 5.56 Å². The Balaban J connectivity index is 1.60. The number of nitrogens with zero attached hydrogens (tertiary/aromatic N) is 2. The summed E-state index contributed by atoms with van der Waals surface area (Å²) in [6.45, 7) is 4.93. The summed E-state index contributed by atoms with van der Waals surface area (Å²) in [5, 5.41) is 1.44. The average molecular weight is 459 g/mol. The van der Waals surface area contributed by atoms with Crippen LogP contribution >= 0.6 is 11.6 Å². The first kappa shape index (κ1) is 22.8. The number of ether oxygens (including phenoxy) is 1. The largest absolute Gasteiger partial charge is 0.484 e. The molecule has 0 bridgehead atoms. The first-order valence-corrected chi connectivity index (χ1v) is 11.5. The van der Waals surface area contributed by atoms with Crippen LogP contribution in [0.15, 0.2) is 78.9 Å². The van der Waals surface area contributed by atoms with Crippen LogP contribution in [0.5, 0.6) is 5.75 Å². The van der Waals surface area contributed by atoms with Crippen LogP contribution in [0.25, 0.3) is 10.9 Å². The van der Waals surface area contributed by atoms with Crippen molar-refractivity contribution in [2.75, 3.05) is 6.61 Å². The molecule has 0 saturated carbocycles. The van der Waals surface area contributed by atoms with Crippen LogP contribution in [0.4, 0.5) is 0 Å². The van der Waals surface area contributed by atoms with Crippen LogP contribution in [0.3, 0.4) is 0 Å². The third-order valence-corrected chi connectivity index (χ3v) is 5.92. The van der Waals surface area contributed by atoms with Gasteiger partial charge >= 0.3 is 0 Å². The molecule has 5 heteroatoms. The summed E-state index contributed by atoms with van der Waals surface area (Å²) in [6, 6.07) is 25.8. The lowest BCUT2D eigenvalue weighted by atomic mass is 10.1. The van der Waals surface area contributed by atoms with E-state index >= 15 is 0 Å². The first-order chi connectivity index (χ1) is 16.0. The molecule has 0 aliphatic rings. The van der Waals surface area contributed by atoms with Gasteiger partial charge in [0.1, 0.15) is 10.9 Å². The van der Waals surface area contributed by atoms with Gasteiger partial charge < -0.3 is 9.64 Å². The maximum atomic E-state index is 13.2. The topological polar surface area (TPSA) is 42.4 Å². The Morgan fingerprint density at radius 3 is 2.52 bits per heavy atom. The molecule has 0 aliphatic carbocycles. The van der Waals surface area contributed by atoms with Gasteiger partial charge in [-0.3, -0.25) is 4.79 Å². The van der Waals surface area contributed by atoms with Gasteiger partial charge in [-0.25, -0.2) is 4.98 Å². The zero-order valence-corrected chi connectivity index (χ0v) is 19.7. The molecule has 0 atom stereocenters. The molecular weight excluding hydrogens is 432 g/mol. The minimum absolute atomic E-state index is 0.0472. The van der Waals surface area contributed by atoms with Gasteiger partial charge in [-0.05, 0) is 54.8 Å². The van der Waals surface area contributed by atoms with Gasteiger partial charge in [-0.1, -0.05) is 72.6 Å². The van der Waals surface area contributed by atoms with Crippen molar-refractivity contribution in [2.24, 2.45) is 0 Å². The highest BCUT2D eigenvalue weighted by atomic mass is 35.5. The van der Waals surface area contributed by atoms with Crippen molar-refractivity contribution >= 4 is 28.4 Å². The van der Waals surface area contributed by atoms with Crippen molar-refractivity contribution in [2.45, 2.75) is 33.4 Å². The fourth-order valence-electron chi connectivity index (χ4n) is 3.80. The van der Waals surface area contributed by atoms with E-state index in [-0.39, 0.29) is 12.5 Å². The molecule has 1 heterocycles. The molecule has 0 N–H and O–H groups in total. The molecular formula is C28H27ClN2O2. The molecule has 0 saturated heterocycles. The summed E-state index contributed by atoms with van der Waals surface area (Å²) in [6.07, 6.45) is 0.947. The Kier molecular flexibility index (Phi) is 7.26. The number of amides is 1. The van der Waals surface area contributed by atoms with Crippen molar-refractivity contribution in [1.29, 1.82) is 0 Å². The van der Waals surface area contributed by atoms with E-state index in [0.717, 1.165) is 34.0 Å². The second kappa shape index (κ2) is 10.5. The lowest BCUT2D eigenvalue weighted by Gasteiger charge is -2.24. The number of carbonyl (C=O) groups excluding carboxylic acids is 1. The number of hydrogen-bond donors (Lipinski definition) is 0. The third-order valence-electron chi connectivity index (χ3n) is 5.59. The minimum atomic E-state index is -0.112. The Labute approximate surface area is 199 Å². The number of para-hydroxylation sites is 1. The normalized spacial score (nSPS) is 10.9. The highest BCUT2D eigenvalue weighted by Gasteiger charge is 2.18. The third kappa shape index (κ3) is 5.91. The smallest absolute Gasteiger partial charge is 0.261 e. The molecule has 0 spiro atoms. The summed E-state index contributed by atoms with van der Waals surface area (Å²) in [4.78, 5) is 19.6. The Bertz CT molecular complexity index is 1260. The number of carbonyl (C=O) groups is 1. The van der Waals surface area contributed by atoms with Crippen molar-refractivity contribution < 1.29 is 9.53 Å². The summed E-state index contributed by atoms with van der Waals surface area (Å²) >= 11 is 6.55. The molecule has 4 aromatic rings. The summed E-state index contributed by atoms with van der Waals surface area (Å²) in [7, 11) is 0. The van der Waals surface area contributed by atoms with Crippen molar-refractivity contribution in [1.82, 2.24) is 9.88 Å². The van der Waals surface area contributed by atoms with Crippen LogP contribution in [0.2, 0.25) is 5.15 Å². The van der Waals surface area contributed by atoms with Crippen LogP contribution in [-0.4, -0.2) is 22.4 Å². The van der Waals surface area contributed by atoms with Gasteiger partial charge in [0.05, 0.1) is 5.52 Å². The van der Waals surface area contributed by atoms with E-state index in [0.29, 0.717) is 24.0 Å².